The van der Waals surface area contributed by atoms with Gasteiger partial charge in [-0.1, -0.05) is 0 Å². The summed E-state index contributed by atoms with van der Waals surface area (Å²) in [6.45, 7) is 3.70. The summed E-state index contributed by atoms with van der Waals surface area (Å²) in [5.74, 6) is 0. The zero-order valence-electron chi connectivity index (χ0n) is 7.10. The van der Waals surface area contributed by atoms with Crippen molar-refractivity contribution in [3.8, 4) is 0 Å². The van der Waals surface area contributed by atoms with Crippen LogP contribution in [0.4, 0.5) is 8.78 Å². The highest BCUT2D eigenvalue weighted by Crippen LogP contribution is 2.01. The summed E-state index contributed by atoms with van der Waals surface area (Å²) >= 11 is 0. The molecule has 0 rings (SSSR count). The lowest BCUT2D eigenvalue weighted by molar-refractivity contribution is 0.0100. The van der Waals surface area contributed by atoms with Crippen molar-refractivity contribution in [2.75, 3.05) is 13.7 Å². The van der Waals surface area contributed by atoms with Crippen molar-refractivity contribution in [3.05, 3.63) is 0 Å². The van der Waals surface area contributed by atoms with Crippen LogP contribution < -0.4 is 5.32 Å². The van der Waals surface area contributed by atoms with Crippen LogP contribution in [0.2, 0.25) is 0 Å². The van der Waals surface area contributed by atoms with Gasteiger partial charge < -0.3 is 10.1 Å². The fraction of sp³-hybridized carbons (Fsp3) is 1.00. The Balaban J connectivity index is 3.52. The maximum absolute atomic E-state index is 12.0. The topological polar surface area (TPSA) is 21.3 Å². The third-order valence-corrected chi connectivity index (χ3v) is 1.28. The van der Waals surface area contributed by atoms with Gasteiger partial charge in [-0.05, 0) is 20.9 Å². The van der Waals surface area contributed by atoms with Crippen LogP contribution in [0.15, 0.2) is 0 Å². The van der Waals surface area contributed by atoms with Crippen molar-refractivity contribution in [3.63, 3.8) is 0 Å². The summed E-state index contributed by atoms with van der Waals surface area (Å²) in [5, 5.41) is 2.48. The first-order chi connectivity index (χ1) is 5.07. The normalized spacial score (nSPS) is 14.5. The molecule has 2 nitrogen and oxygen atoms in total. The second-order valence-electron chi connectivity index (χ2n) is 2.61. The molecule has 0 bridgehead atoms. The Labute approximate surface area is 65.9 Å². The highest BCUT2D eigenvalue weighted by Gasteiger charge is 2.18. The van der Waals surface area contributed by atoms with Gasteiger partial charge in [-0.15, -0.1) is 0 Å². The lowest BCUT2D eigenvalue weighted by atomic mass is 10.3. The molecule has 68 valence electrons. The second kappa shape index (κ2) is 5.43. The summed E-state index contributed by atoms with van der Waals surface area (Å²) in [4.78, 5) is 0. The van der Waals surface area contributed by atoms with Crippen molar-refractivity contribution in [2.24, 2.45) is 0 Å². The van der Waals surface area contributed by atoms with Gasteiger partial charge in [0.15, 0.2) is 0 Å². The molecule has 1 N–H and O–H groups in total. The molecule has 0 amide bonds. The lowest BCUT2D eigenvalue weighted by Gasteiger charge is -2.16. The van der Waals surface area contributed by atoms with E-state index in [1.807, 2.05) is 13.8 Å². The third-order valence-electron chi connectivity index (χ3n) is 1.28. The van der Waals surface area contributed by atoms with Gasteiger partial charge in [-0.25, -0.2) is 8.78 Å². The molecular formula is C7H15F2NO. The minimum absolute atomic E-state index is 0.00426. The average Bonchev–Trinajstić information content (AvgIpc) is 1.87. The number of alkyl halides is 2. The Kier molecular flexibility index (Phi) is 5.32. The summed E-state index contributed by atoms with van der Waals surface area (Å²) in [7, 11) is 1.50. The molecule has 1 atom stereocenters. The Morgan fingerprint density at radius 3 is 2.18 bits per heavy atom. The molecule has 0 aliphatic rings. The van der Waals surface area contributed by atoms with Crippen LogP contribution in [0.3, 0.4) is 0 Å². The van der Waals surface area contributed by atoms with Crippen LogP contribution in [0.5, 0.6) is 0 Å². The first-order valence-electron chi connectivity index (χ1n) is 3.65. The average molecular weight is 167 g/mol. The minimum Gasteiger partial charge on any atom is -0.377 e. The van der Waals surface area contributed by atoms with E-state index >= 15 is 0 Å². The summed E-state index contributed by atoms with van der Waals surface area (Å²) in [6.07, 6.45) is -2.36. The van der Waals surface area contributed by atoms with E-state index in [2.05, 4.69) is 5.32 Å². The van der Waals surface area contributed by atoms with Crippen LogP contribution in [-0.4, -0.2) is 32.2 Å². The van der Waals surface area contributed by atoms with Crippen LogP contribution in [0.25, 0.3) is 0 Å². The Morgan fingerprint density at radius 2 is 1.91 bits per heavy atom. The SMILES string of the molecule is CNC(COC(C)C)C(F)F. The van der Waals surface area contributed by atoms with E-state index in [1.54, 1.807) is 0 Å². The zero-order chi connectivity index (χ0) is 8.85. The molecule has 11 heavy (non-hydrogen) atoms. The van der Waals surface area contributed by atoms with E-state index in [0.717, 1.165) is 0 Å². The Hall–Kier alpha value is -0.220. The van der Waals surface area contributed by atoms with Gasteiger partial charge in [-0.2, -0.15) is 0 Å². The van der Waals surface area contributed by atoms with E-state index in [-0.39, 0.29) is 12.7 Å². The van der Waals surface area contributed by atoms with E-state index in [9.17, 15) is 8.78 Å². The summed E-state index contributed by atoms with van der Waals surface area (Å²) in [6, 6.07) is -0.850. The maximum Gasteiger partial charge on any atom is 0.255 e. The summed E-state index contributed by atoms with van der Waals surface area (Å²) < 4.78 is 29.0. The Bertz CT molecular complexity index is 98.4. The van der Waals surface area contributed by atoms with E-state index in [1.165, 1.54) is 7.05 Å². The molecule has 0 aliphatic carbocycles. The molecule has 0 radical (unpaired) electrons. The number of hydrogen-bond acceptors (Lipinski definition) is 2. The quantitative estimate of drug-likeness (QED) is 0.665. The second-order valence-corrected chi connectivity index (χ2v) is 2.61. The Morgan fingerprint density at radius 1 is 1.36 bits per heavy atom. The van der Waals surface area contributed by atoms with Crippen molar-refractivity contribution >= 4 is 0 Å². The largest absolute Gasteiger partial charge is 0.377 e. The van der Waals surface area contributed by atoms with Crippen LogP contribution in [0, 0.1) is 0 Å². The fourth-order valence-electron chi connectivity index (χ4n) is 0.578. The monoisotopic (exact) mass is 167 g/mol. The smallest absolute Gasteiger partial charge is 0.255 e. The molecule has 0 aromatic rings. The van der Waals surface area contributed by atoms with Crippen LogP contribution in [-0.2, 0) is 4.74 Å². The standard InChI is InChI=1S/C7H15F2NO/c1-5(2)11-4-6(10-3)7(8)9/h5-7,10H,4H2,1-3H3. The van der Waals surface area contributed by atoms with E-state index < -0.39 is 12.5 Å². The number of hydrogen-bond donors (Lipinski definition) is 1. The molecule has 0 aromatic carbocycles. The van der Waals surface area contributed by atoms with E-state index in [4.69, 9.17) is 4.74 Å². The lowest BCUT2D eigenvalue weighted by Crippen LogP contribution is -2.37. The fourth-order valence-corrected chi connectivity index (χ4v) is 0.578. The molecule has 0 aliphatic heterocycles. The van der Waals surface area contributed by atoms with Gasteiger partial charge in [-0.3, -0.25) is 0 Å². The first kappa shape index (κ1) is 10.8. The molecule has 0 aromatic heterocycles. The van der Waals surface area contributed by atoms with Gasteiger partial charge in [0, 0.05) is 0 Å². The molecule has 1 unspecified atom stereocenters. The van der Waals surface area contributed by atoms with E-state index in [0.29, 0.717) is 0 Å². The number of ether oxygens (including phenoxy) is 1. The van der Waals surface area contributed by atoms with Crippen molar-refractivity contribution in [1.82, 2.24) is 5.32 Å². The van der Waals surface area contributed by atoms with Crippen LogP contribution in [0.1, 0.15) is 13.8 Å². The van der Waals surface area contributed by atoms with Gasteiger partial charge >= 0.3 is 0 Å². The minimum atomic E-state index is -2.36. The first-order valence-corrected chi connectivity index (χ1v) is 3.65. The third kappa shape index (κ3) is 5.09. The van der Waals surface area contributed by atoms with Gasteiger partial charge in [0.2, 0.25) is 0 Å². The molecule has 4 heteroatoms. The predicted octanol–water partition coefficient (Wildman–Crippen LogP) is 1.26. The molecule has 0 spiro atoms. The van der Waals surface area contributed by atoms with Crippen molar-refractivity contribution < 1.29 is 13.5 Å². The molecule has 0 heterocycles. The highest BCUT2D eigenvalue weighted by atomic mass is 19.3. The molecule has 0 saturated carbocycles. The number of rotatable bonds is 5. The van der Waals surface area contributed by atoms with Gasteiger partial charge in [0.25, 0.3) is 6.43 Å². The molecule has 0 fully saturated rings. The zero-order valence-corrected chi connectivity index (χ0v) is 7.10. The maximum atomic E-state index is 12.0. The number of likely N-dealkylation sites (N-methyl/N-ethyl adjacent to an activating group) is 1. The molecule has 0 saturated heterocycles. The van der Waals surface area contributed by atoms with Gasteiger partial charge in [0.05, 0.1) is 18.8 Å². The van der Waals surface area contributed by atoms with Crippen molar-refractivity contribution in [1.29, 1.82) is 0 Å². The predicted molar refractivity (Wildman–Crippen MR) is 39.9 cm³/mol. The highest BCUT2D eigenvalue weighted by molar-refractivity contribution is 4.65. The van der Waals surface area contributed by atoms with Gasteiger partial charge in [0.1, 0.15) is 0 Å². The molecular weight excluding hydrogens is 152 g/mol. The number of nitrogens with one attached hydrogen (secondary N) is 1. The number of halogens is 2. The summed E-state index contributed by atoms with van der Waals surface area (Å²) in [5.41, 5.74) is 0. The van der Waals surface area contributed by atoms with Crippen molar-refractivity contribution in [2.45, 2.75) is 32.4 Å². The van der Waals surface area contributed by atoms with Crippen LogP contribution >= 0.6 is 0 Å².